The van der Waals surface area contributed by atoms with E-state index in [0.29, 0.717) is 0 Å². The molecule has 1 aliphatic heterocycles. The molecule has 0 saturated heterocycles. The molecule has 1 aromatic heterocycles. The first-order chi connectivity index (χ1) is 13.4. The molecular formula is C20H14FN3O3S. The van der Waals surface area contributed by atoms with Crippen molar-refractivity contribution in [3.8, 4) is 0 Å². The summed E-state index contributed by atoms with van der Waals surface area (Å²) in [4.78, 5) is 43.0. The van der Waals surface area contributed by atoms with Crippen LogP contribution < -0.4 is 10.2 Å². The number of hydrogen-bond acceptors (Lipinski definition) is 5. The second-order valence-electron chi connectivity index (χ2n) is 6.22. The molecule has 0 fully saturated rings. The second-order valence-corrected chi connectivity index (χ2v) is 7.29. The summed E-state index contributed by atoms with van der Waals surface area (Å²) in [6.45, 7) is 2.15. The fourth-order valence-electron chi connectivity index (χ4n) is 2.97. The molecule has 0 bridgehead atoms. The first-order valence-electron chi connectivity index (χ1n) is 8.41. The van der Waals surface area contributed by atoms with Gasteiger partial charge in [0.2, 0.25) is 0 Å². The van der Waals surface area contributed by atoms with Crippen molar-refractivity contribution in [2.24, 2.45) is 0 Å². The van der Waals surface area contributed by atoms with Crippen LogP contribution in [0.25, 0.3) is 0 Å². The number of rotatable bonds is 4. The van der Waals surface area contributed by atoms with Gasteiger partial charge in [-0.1, -0.05) is 0 Å². The van der Waals surface area contributed by atoms with Crippen LogP contribution in [0, 0.1) is 12.7 Å². The minimum Gasteiger partial charge on any atom is -0.346 e. The minimum absolute atomic E-state index is 0.145. The lowest BCUT2D eigenvalue weighted by Gasteiger charge is -2.13. The zero-order chi connectivity index (χ0) is 19.8. The molecule has 0 spiro atoms. The van der Waals surface area contributed by atoms with Crippen LogP contribution in [0.1, 0.15) is 41.8 Å². The van der Waals surface area contributed by atoms with E-state index in [2.05, 4.69) is 10.3 Å². The van der Waals surface area contributed by atoms with E-state index in [9.17, 15) is 18.8 Å². The van der Waals surface area contributed by atoms with Gasteiger partial charge < -0.3 is 5.32 Å². The van der Waals surface area contributed by atoms with Crippen LogP contribution in [0.4, 0.5) is 10.1 Å². The van der Waals surface area contributed by atoms with Gasteiger partial charge in [0.05, 0.1) is 34.1 Å². The number of thiazole rings is 1. The van der Waals surface area contributed by atoms with Gasteiger partial charge in [0.1, 0.15) is 5.82 Å². The number of amides is 3. The fourth-order valence-corrected chi connectivity index (χ4v) is 3.58. The lowest BCUT2D eigenvalue weighted by Crippen LogP contribution is -2.29. The highest BCUT2D eigenvalue weighted by Gasteiger charge is 2.37. The highest BCUT2D eigenvalue weighted by atomic mass is 32.1. The smallest absolute Gasteiger partial charge is 0.266 e. The maximum atomic E-state index is 13.1. The van der Waals surface area contributed by atoms with Crippen LogP contribution in [0.2, 0.25) is 0 Å². The molecule has 8 heteroatoms. The summed E-state index contributed by atoms with van der Waals surface area (Å²) in [6, 6.07) is 9.44. The molecule has 0 unspecified atom stereocenters. The fraction of sp³-hybridized carbons (Fsp3) is 0.100. The van der Waals surface area contributed by atoms with Gasteiger partial charge in [-0.05, 0) is 49.4 Å². The molecule has 3 aromatic rings. The average Bonchev–Trinajstić information content (AvgIpc) is 3.22. The van der Waals surface area contributed by atoms with Gasteiger partial charge in [0, 0.05) is 10.9 Å². The molecule has 3 amide bonds. The third-order valence-electron chi connectivity index (χ3n) is 4.33. The van der Waals surface area contributed by atoms with Gasteiger partial charge in [-0.3, -0.25) is 14.4 Å². The second kappa shape index (κ2) is 6.97. The van der Waals surface area contributed by atoms with Crippen molar-refractivity contribution in [2.75, 3.05) is 4.90 Å². The molecular weight excluding hydrogens is 381 g/mol. The van der Waals surface area contributed by atoms with Gasteiger partial charge in [0.25, 0.3) is 17.7 Å². The molecule has 1 N–H and O–H groups in total. The quantitative estimate of drug-likeness (QED) is 0.688. The van der Waals surface area contributed by atoms with E-state index in [1.165, 1.54) is 53.8 Å². The van der Waals surface area contributed by atoms with E-state index >= 15 is 0 Å². The lowest BCUT2D eigenvalue weighted by molar-refractivity contribution is 0.0923. The SMILES string of the molecule is Cc1nc(CNC(=O)c2ccc3c(c2)C(=O)N(c2ccc(F)cc2)C3=O)cs1. The van der Waals surface area contributed by atoms with Crippen LogP contribution in [0.5, 0.6) is 0 Å². The van der Waals surface area contributed by atoms with E-state index in [4.69, 9.17) is 0 Å². The van der Waals surface area contributed by atoms with Gasteiger partial charge in [-0.15, -0.1) is 11.3 Å². The Bertz CT molecular complexity index is 1110. The molecule has 2 aromatic carbocycles. The Balaban J connectivity index is 1.56. The Morgan fingerprint density at radius 1 is 1.11 bits per heavy atom. The van der Waals surface area contributed by atoms with Crippen molar-refractivity contribution >= 4 is 34.7 Å². The van der Waals surface area contributed by atoms with Crippen molar-refractivity contribution < 1.29 is 18.8 Å². The van der Waals surface area contributed by atoms with E-state index in [1.54, 1.807) is 0 Å². The van der Waals surface area contributed by atoms with Crippen molar-refractivity contribution in [2.45, 2.75) is 13.5 Å². The summed E-state index contributed by atoms with van der Waals surface area (Å²) in [5.74, 6) is -1.88. The largest absolute Gasteiger partial charge is 0.346 e. The molecule has 0 saturated carbocycles. The number of hydrogen-bond donors (Lipinski definition) is 1. The zero-order valence-corrected chi connectivity index (χ0v) is 15.5. The lowest BCUT2D eigenvalue weighted by atomic mass is 10.1. The monoisotopic (exact) mass is 395 g/mol. The number of aromatic nitrogens is 1. The molecule has 6 nitrogen and oxygen atoms in total. The number of anilines is 1. The molecule has 0 radical (unpaired) electrons. The molecule has 0 aliphatic carbocycles. The maximum Gasteiger partial charge on any atom is 0.266 e. The van der Waals surface area contributed by atoms with Crippen LogP contribution >= 0.6 is 11.3 Å². The number of carbonyl (C=O) groups is 3. The number of fused-ring (bicyclic) bond motifs is 1. The van der Waals surface area contributed by atoms with Crippen molar-refractivity contribution in [3.05, 3.63) is 81.1 Å². The summed E-state index contributed by atoms with van der Waals surface area (Å²) in [5, 5.41) is 5.52. The molecule has 28 heavy (non-hydrogen) atoms. The summed E-state index contributed by atoms with van der Waals surface area (Å²) in [6.07, 6.45) is 0. The summed E-state index contributed by atoms with van der Waals surface area (Å²) >= 11 is 1.49. The molecule has 140 valence electrons. The van der Waals surface area contributed by atoms with E-state index in [0.717, 1.165) is 15.6 Å². The van der Waals surface area contributed by atoms with E-state index in [1.807, 2.05) is 12.3 Å². The number of aryl methyl sites for hydroxylation is 1. The highest BCUT2D eigenvalue weighted by molar-refractivity contribution is 7.09. The predicted molar refractivity (Wildman–Crippen MR) is 102 cm³/mol. The topological polar surface area (TPSA) is 79.4 Å². The number of nitrogens with one attached hydrogen (secondary N) is 1. The third kappa shape index (κ3) is 3.18. The number of nitrogens with zero attached hydrogens (tertiary/aromatic N) is 2. The van der Waals surface area contributed by atoms with Gasteiger partial charge >= 0.3 is 0 Å². The van der Waals surface area contributed by atoms with E-state index < -0.39 is 17.6 Å². The Morgan fingerprint density at radius 2 is 1.82 bits per heavy atom. The number of halogens is 1. The van der Waals surface area contributed by atoms with Crippen LogP contribution in [0.15, 0.2) is 47.8 Å². The molecule has 2 heterocycles. The highest BCUT2D eigenvalue weighted by Crippen LogP contribution is 2.29. The normalized spacial score (nSPS) is 13.0. The predicted octanol–water partition coefficient (Wildman–Crippen LogP) is 3.32. The van der Waals surface area contributed by atoms with Crippen LogP contribution in [-0.2, 0) is 6.54 Å². The first kappa shape index (κ1) is 18.0. The van der Waals surface area contributed by atoms with Gasteiger partial charge in [-0.25, -0.2) is 14.3 Å². The van der Waals surface area contributed by atoms with Gasteiger partial charge in [0.15, 0.2) is 0 Å². The Labute approximate surface area is 163 Å². The van der Waals surface area contributed by atoms with Gasteiger partial charge in [-0.2, -0.15) is 0 Å². The van der Waals surface area contributed by atoms with Crippen molar-refractivity contribution in [1.82, 2.24) is 10.3 Å². The number of carbonyl (C=O) groups excluding carboxylic acids is 3. The van der Waals surface area contributed by atoms with Crippen LogP contribution in [0.3, 0.4) is 0 Å². The van der Waals surface area contributed by atoms with E-state index in [-0.39, 0.29) is 34.8 Å². The Morgan fingerprint density at radius 3 is 2.50 bits per heavy atom. The minimum atomic E-state index is -0.545. The number of benzene rings is 2. The summed E-state index contributed by atoms with van der Waals surface area (Å²) in [5.41, 5.74) is 1.66. The number of imide groups is 1. The summed E-state index contributed by atoms with van der Waals surface area (Å²) < 4.78 is 13.1. The first-order valence-corrected chi connectivity index (χ1v) is 9.29. The molecule has 0 atom stereocenters. The van der Waals surface area contributed by atoms with Crippen molar-refractivity contribution in [3.63, 3.8) is 0 Å². The third-order valence-corrected chi connectivity index (χ3v) is 5.15. The molecule has 4 rings (SSSR count). The average molecular weight is 395 g/mol. The maximum absolute atomic E-state index is 13.1. The Hall–Kier alpha value is -3.39. The zero-order valence-electron chi connectivity index (χ0n) is 14.7. The Kier molecular flexibility index (Phi) is 4.48. The standard InChI is InChI=1S/C20H14FN3O3S/c1-11-23-14(10-28-11)9-22-18(25)12-2-7-16-17(8-12)20(27)24(19(16)26)15-5-3-13(21)4-6-15/h2-8,10H,9H2,1H3,(H,22,25). The summed E-state index contributed by atoms with van der Waals surface area (Å²) in [7, 11) is 0. The molecule has 1 aliphatic rings. The van der Waals surface area contributed by atoms with Crippen LogP contribution in [-0.4, -0.2) is 22.7 Å². The van der Waals surface area contributed by atoms with Crippen molar-refractivity contribution in [1.29, 1.82) is 0 Å².